The SMILES string of the molecule is Nc1ccc(C=Cc2ccc([N+](=O)[O-])c(CO)c2)cc1OC(=O)O. The first-order valence-corrected chi connectivity index (χ1v) is 6.77. The summed E-state index contributed by atoms with van der Waals surface area (Å²) >= 11 is 0. The Labute approximate surface area is 136 Å². The number of carboxylic acid groups (broad SMARTS) is 1. The summed E-state index contributed by atoms with van der Waals surface area (Å²) in [4.78, 5) is 20.9. The minimum Gasteiger partial charge on any atom is -0.449 e. The maximum Gasteiger partial charge on any atom is 0.511 e. The van der Waals surface area contributed by atoms with Crippen molar-refractivity contribution in [2.24, 2.45) is 0 Å². The number of hydrogen-bond acceptors (Lipinski definition) is 6. The Morgan fingerprint density at radius 2 is 1.83 bits per heavy atom. The van der Waals surface area contributed by atoms with E-state index in [1.54, 1.807) is 24.3 Å². The number of nitrogens with zero attached hydrogens (tertiary/aromatic N) is 1. The van der Waals surface area contributed by atoms with Crippen LogP contribution in [0.5, 0.6) is 5.75 Å². The highest BCUT2D eigenvalue weighted by Crippen LogP contribution is 2.25. The number of aliphatic hydroxyl groups excluding tert-OH is 1. The fraction of sp³-hybridized carbons (Fsp3) is 0.0625. The first-order valence-electron chi connectivity index (χ1n) is 6.77. The second-order valence-electron chi connectivity index (χ2n) is 4.80. The summed E-state index contributed by atoms with van der Waals surface area (Å²) < 4.78 is 4.57. The molecule has 0 saturated heterocycles. The number of anilines is 1. The Morgan fingerprint density at radius 1 is 1.21 bits per heavy atom. The van der Waals surface area contributed by atoms with E-state index in [0.29, 0.717) is 11.1 Å². The van der Waals surface area contributed by atoms with E-state index in [9.17, 15) is 20.0 Å². The van der Waals surface area contributed by atoms with Gasteiger partial charge < -0.3 is 20.7 Å². The average molecular weight is 330 g/mol. The number of rotatable bonds is 5. The van der Waals surface area contributed by atoms with Gasteiger partial charge in [-0.2, -0.15) is 0 Å². The Hall–Kier alpha value is -3.39. The molecule has 8 heteroatoms. The van der Waals surface area contributed by atoms with Crippen LogP contribution in [0.15, 0.2) is 36.4 Å². The molecule has 0 amide bonds. The van der Waals surface area contributed by atoms with Crippen molar-refractivity contribution < 1.29 is 24.7 Å². The van der Waals surface area contributed by atoms with Gasteiger partial charge in [0.2, 0.25) is 0 Å². The van der Waals surface area contributed by atoms with Crippen LogP contribution in [0.3, 0.4) is 0 Å². The number of benzene rings is 2. The quantitative estimate of drug-likeness (QED) is 0.191. The fourth-order valence-electron chi connectivity index (χ4n) is 2.04. The van der Waals surface area contributed by atoms with E-state index in [1.807, 2.05) is 0 Å². The molecule has 2 aromatic carbocycles. The Balaban J connectivity index is 2.28. The number of hydrogen-bond donors (Lipinski definition) is 3. The normalized spacial score (nSPS) is 10.7. The zero-order valence-corrected chi connectivity index (χ0v) is 12.4. The lowest BCUT2D eigenvalue weighted by molar-refractivity contribution is -0.385. The molecule has 0 radical (unpaired) electrons. The molecule has 0 aliphatic heterocycles. The minimum atomic E-state index is -1.47. The van der Waals surface area contributed by atoms with E-state index in [4.69, 9.17) is 10.8 Å². The summed E-state index contributed by atoms with van der Waals surface area (Å²) in [6.45, 7) is -0.448. The van der Waals surface area contributed by atoms with Gasteiger partial charge in [0, 0.05) is 6.07 Å². The lowest BCUT2D eigenvalue weighted by atomic mass is 10.1. The number of ether oxygens (including phenoxy) is 1. The molecule has 4 N–H and O–H groups in total. The molecule has 0 saturated carbocycles. The summed E-state index contributed by atoms with van der Waals surface area (Å²) in [5, 5.41) is 28.7. The molecule has 0 aromatic heterocycles. The van der Waals surface area contributed by atoms with Crippen LogP contribution in [-0.4, -0.2) is 21.3 Å². The van der Waals surface area contributed by atoms with Gasteiger partial charge in [-0.15, -0.1) is 0 Å². The molecule has 2 rings (SSSR count). The molecule has 0 atom stereocenters. The summed E-state index contributed by atoms with van der Waals surface area (Å²) in [6, 6.07) is 8.98. The van der Waals surface area contributed by atoms with Crippen molar-refractivity contribution in [3.05, 3.63) is 63.2 Å². The van der Waals surface area contributed by atoms with Gasteiger partial charge in [-0.1, -0.05) is 18.2 Å². The van der Waals surface area contributed by atoms with Crippen LogP contribution in [0, 0.1) is 10.1 Å². The van der Waals surface area contributed by atoms with Gasteiger partial charge in [0.15, 0.2) is 5.75 Å². The van der Waals surface area contributed by atoms with Gasteiger partial charge in [0.05, 0.1) is 22.8 Å². The Bertz CT molecular complexity index is 816. The van der Waals surface area contributed by atoms with Gasteiger partial charge in [-0.05, 0) is 35.4 Å². The highest BCUT2D eigenvalue weighted by Gasteiger charge is 2.12. The number of nitro groups is 1. The van der Waals surface area contributed by atoms with Crippen molar-refractivity contribution >= 4 is 29.7 Å². The van der Waals surface area contributed by atoms with E-state index < -0.39 is 17.7 Å². The molecular weight excluding hydrogens is 316 g/mol. The number of aliphatic hydroxyl groups is 1. The van der Waals surface area contributed by atoms with E-state index in [1.165, 1.54) is 24.3 Å². The van der Waals surface area contributed by atoms with Gasteiger partial charge in [-0.3, -0.25) is 10.1 Å². The highest BCUT2D eigenvalue weighted by molar-refractivity contribution is 5.74. The molecule has 0 unspecified atom stereocenters. The molecule has 124 valence electrons. The maximum absolute atomic E-state index is 10.8. The third-order valence-corrected chi connectivity index (χ3v) is 3.17. The average Bonchev–Trinajstić information content (AvgIpc) is 2.54. The third kappa shape index (κ3) is 4.08. The summed E-state index contributed by atoms with van der Waals surface area (Å²) in [5.74, 6) is 0.0180. The van der Waals surface area contributed by atoms with E-state index in [2.05, 4.69) is 4.74 Å². The van der Waals surface area contributed by atoms with E-state index >= 15 is 0 Å². The number of nitrogen functional groups attached to an aromatic ring is 1. The van der Waals surface area contributed by atoms with Crippen LogP contribution in [0.25, 0.3) is 12.2 Å². The number of nitro benzene ring substituents is 1. The third-order valence-electron chi connectivity index (χ3n) is 3.17. The molecule has 0 spiro atoms. The van der Waals surface area contributed by atoms with Crippen LogP contribution < -0.4 is 10.5 Å². The zero-order chi connectivity index (χ0) is 17.7. The number of nitrogens with two attached hydrogens (primary N) is 1. The molecule has 0 aliphatic carbocycles. The van der Waals surface area contributed by atoms with Crippen molar-refractivity contribution in [1.82, 2.24) is 0 Å². The van der Waals surface area contributed by atoms with Crippen molar-refractivity contribution in [3.63, 3.8) is 0 Å². The Kier molecular flexibility index (Phi) is 5.13. The zero-order valence-electron chi connectivity index (χ0n) is 12.4. The smallest absolute Gasteiger partial charge is 0.449 e. The highest BCUT2D eigenvalue weighted by atomic mass is 16.7. The Morgan fingerprint density at radius 3 is 2.42 bits per heavy atom. The van der Waals surface area contributed by atoms with Crippen LogP contribution in [0.4, 0.5) is 16.2 Å². The molecule has 2 aromatic rings. The molecule has 0 fully saturated rings. The summed E-state index contributed by atoms with van der Waals surface area (Å²) in [5.41, 5.74) is 7.13. The fourth-order valence-corrected chi connectivity index (χ4v) is 2.04. The van der Waals surface area contributed by atoms with Crippen molar-refractivity contribution in [2.45, 2.75) is 6.61 Å². The summed E-state index contributed by atoms with van der Waals surface area (Å²) in [6.07, 6.45) is 1.86. The van der Waals surface area contributed by atoms with Crippen LogP contribution >= 0.6 is 0 Å². The maximum atomic E-state index is 10.8. The lowest BCUT2D eigenvalue weighted by Crippen LogP contribution is -2.05. The van der Waals surface area contributed by atoms with Crippen LogP contribution in [0.2, 0.25) is 0 Å². The second kappa shape index (κ2) is 7.25. The van der Waals surface area contributed by atoms with Gasteiger partial charge in [-0.25, -0.2) is 4.79 Å². The predicted octanol–water partition coefficient (Wildman–Crippen LogP) is 2.90. The van der Waals surface area contributed by atoms with Crippen molar-refractivity contribution in [3.8, 4) is 5.75 Å². The molecule has 0 aliphatic rings. The van der Waals surface area contributed by atoms with Gasteiger partial charge >= 0.3 is 6.16 Å². The predicted molar refractivity (Wildman–Crippen MR) is 87.5 cm³/mol. The van der Waals surface area contributed by atoms with E-state index in [-0.39, 0.29) is 22.7 Å². The lowest BCUT2D eigenvalue weighted by Gasteiger charge is -2.05. The van der Waals surface area contributed by atoms with Gasteiger partial charge in [0.25, 0.3) is 5.69 Å². The molecular formula is C16H14N2O6. The molecule has 0 heterocycles. The van der Waals surface area contributed by atoms with Crippen molar-refractivity contribution in [1.29, 1.82) is 0 Å². The molecule has 24 heavy (non-hydrogen) atoms. The molecule has 0 bridgehead atoms. The first-order chi connectivity index (χ1) is 11.4. The topological polar surface area (TPSA) is 136 Å². The van der Waals surface area contributed by atoms with Crippen LogP contribution in [-0.2, 0) is 6.61 Å². The molecule has 8 nitrogen and oxygen atoms in total. The standard InChI is InChI=1S/C16H14N2O6/c17-13-5-3-11(8-15(13)24-16(20)21)2-1-10-4-6-14(18(22)23)12(7-10)9-19/h1-8,19H,9,17H2,(H,20,21). The van der Waals surface area contributed by atoms with Gasteiger partial charge in [0.1, 0.15) is 0 Å². The minimum absolute atomic E-state index is 0.0180. The first kappa shape index (κ1) is 17.0. The monoisotopic (exact) mass is 330 g/mol. The second-order valence-corrected chi connectivity index (χ2v) is 4.80. The van der Waals surface area contributed by atoms with E-state index in [0.717, 1.165) is 0 Å². The van der Waals surface area contributed by atoms with Crippen molar-refractivity contribution in [2.75, 3.05) is 5.73 Å². The summed E-state index contributed by atoms with van der Waals surface area (Å²) in [7, 11) is 0. The number of carbonyl (C=O) groups is 1. The largest absolute Gasteiger partial charge is 0.511 e. The van der Waals surface area contributed by atoms with Crippen LogP contribution in [0.1, 0.15) is 16.7 Å².